The Bertz CT molecular complexity index is 488. The molecule has 0 saturated carbocycles. The van der Waals surface area contributed by atoms with Crippen molar-refractivity contribution < 1.29 is 20.1 Å². The number of carbonyl (C=O) groups is 1. The summed E-state index contributed by atoms with van der Waals surface area (Å²) in [5.41, 5.74) is 0. The minimum atomic E-state index is -1.13. The van der Waals surface area contributed by atoms with Crippen molar-refractivity contribution in [2.75, 3.05) is 6.61 Å². The van der Waals surface area contributed by atoms with E-state index < -0.39 is 18.2 Å². The maximum absolute atomic E-state index is 12.2. The molecule has 228 valence electrons. The van der Waals surface area contributed by atoms with Gasteiger partial charge < -0.3 is 20.6 Å². The van der Waals surface area contributed by atoms with Crippen LogP contribution < -0.4 is 5.32 Å². The first-order valence-electron chi connectivity index (χ1n) is 16.8. The highest BCUT2D eigenvalue weighted by Crippen LogP contribution is 2.16. The minimum Gasteiger partial charge on any atom is -0.394 e. The molecule has 0 saturated heterocycles. The van der Waals surface area contributed by atoms with Crippen LogP contribution in [0.25, 0.3) is 0 Å². The van der Waals surface area contributed by atoms with Crippen LogP contribution in [-0.4, -0.2) is 46.1 Å². The first-order valence-corrected chi connectivity index (χ1v) is 16.8. The van der Waals surface area contributed by atoms with E-state index in [1.807, 2.05) is 0 Å². The quantitative estimate of drug-likeness (QED) is 0.0688. The van der Waals surface area contributed by atoms with E-state index in [9.17, 15) is 20.1 Å². The maximum Gasteiger partial charge on any atom is 0.220 e. The Balaban J connectivity index is 3.68. The zero-order chi connectivity index (χ0) is 28.1. The van der Waals surface area contributed by atoms with Gasteiger partial charge in [0, 0.05) is 6.42 Å². The van der Waals surface area contributed by atoms with Gasteiger partial charge in [-0.1, -0.05) is 162 Å². The fourth-order valence-electron chi connectivity index (χ4n) is 5.28. The number of nitrogens with one attached hydrogen (secondary N) is 1. The largest absolute Gasteiger partial charge is 0.394 e. The Labute approximate surface area is 237 Å². The molecule has 0 rings (SSSR count). The maximum atomic E-state index is 12.2. The number of amides is 1. The summed E-state index contributed by atoms with van der Waals surface area (Å²) in [6, 6.07) is -0.799. The number of unbranched alkanes of at least 4 members (excludes halogenated alkanes) is 22. The molecule has 0 aliphatic heterocycles. The smallest absolute Gasteiger partial charge is 0.220 e. The lowest BCUT2D eigenvalue weighted by molar-refractivity contribution is -0.124. The lowest BCUT2D eigenvalue weighted by Gasteiger charge is -2.26. The molecule has 4 N–H and O–H groups in total. The van der Waals surface area contributed by atoms with Gasteiger partial charge in [-0.3, -0.25) is 4.79 Å². The molecule has 3 unspecified atom stereocenters. The van der Waals surface area contributed by atoms with Crippen LogP contribution in [0, 0.1) is 0 Å². The van der Waals surface area contributed by atoms with Crippen molar-refractivity contribution in [3.8, 4) is 0 Å². The predicted molar refractivity (Wildman–Crippen MR) is 162 cm³/mol. The first-order chi connectivity index (χ1) is 18.6. The molecule has 0 fully saturated rings. The highest BCUT2D eigenvalue weighted by Gasteiger charge is 2.26. The van der Waals surface area contributed by atoms with E-state index in [0.717, 1.165) is 32.1 Å². The molecule has 0 aliphatic rings. The van der Waals surface area contributed by atoms with Gasteiger partial charge in [0.05, 0.1) is 18.8 Å². The third kappa shape index (κ3) is 24.4. The molecule has 0 aromatic rings. The summed E-state index contributed by atoms with van der Waals surface area (Å²) < 4.78 is 0. The summed E-state index contributed by atoms with van der Waals surface area (Å²) in [7, 11) is 0. The van der Waals surface area contributed by atoms with E-state index in [1.165, 1.54) is 122 Å². The average molecular weight is 542 g/mol. The van der Waals surface area contributed by atoms with Crippen molar-refractivity contribution in [1.82, 2.24) is 5.32 Å². The van der Waals surface area contributed by atoms with Crippen molar-refractivity contribution in [3.63, 3.8) is 0 Å². The summed E-state index contributed by atoms with van der Waals surface area (Å²) in [6.45, 7) is 4.14. The number of hydrogen-bond acceptors (Lipinski definition) is 4. The fourth-order valence-corrected chi connectivity index (χ4v) is 5.28. The molecule has 0 aromatic heterocycles. The number of aliphatic hydroxyl groups excluding tert-OH is 3. The normalized spacial score (nSPS) is 13.9. The summed E-state index contributed by atoms with van der Waals surface area (Å²) >= 11 is 0. The second kappa shape index (κ2) is 29.3. The Morgan fingerprint density at radius 1 is 0.553 bits per heavy atom. The Morgan fingerprint density at radius 2 is 0.895 bits per heavy atom. The second-order valence-electron chi connectivity index (χ2n) is 11.7. The van der Waals surface area contributed by atoms with Crippen LogP contribution in [0.2, 0.25) is 0 Å². The lowest BCUT2D eigenvalue weighted by atomic mass is 9.99. The van der Waals surface area contributed by atoms with E-state index in [2.05, 4.69) is 19.2 Å². The van der Waals surface area contributed by atoms with Crippen LogP contribution in [0.3, 0.4) is 0 Å². The number of carbonyl (C=O) groups excluding carboxylic acids is 1. The monoisotopic (exact) mass is 542 g/mol. The van der Waals surface area contributed by atoms with Gasteiger partial charge in [0.15, 0.2) is 0 Å². The van der Waals surface area contributed by atoms with Gasteiger partial charge in [0.2, 0.25) is 5.91 Å². The van der Waals surface area contributed by atoms with Gasteiger partial charge in [-0.15, -0.1) is 0 Å². The molecule has 0 heterocycles. The molecule has 1 amide bonds. The second-order valence-corrected chi connectivity index (χ2v) is 11.7. The number of aliphatic hydroxyl groups is 3. The van der Waals surface area contributed by atoms with Crippen molar-refractivity contribution in [2.24, 2.45) is 0 Å². The fraction of sp³-hybridized carbons (Fsp3) is 0.970. The summed E-state index contributed by atoms with van der Waals surface area (Å²) in [4.78, 5) is 12.2. The Hall–Kier alpha value is -0.650. The van der Waals surface area contributed by atoms with Gasteiger partial charge >= 0.3 is 0 Å². The summed E-state index contributed by atoms with van der Waals surface area (Å²) in [5, 5.41) is 33.2. The van der Waals surface area contributed by atoms with Crippen molar-refractivity contribution in [1.29, 1.82) is 0 Å². The molecule has 38 heavy (non-hydrogen) atoms. The van der Waals surface area contributed by atoms with Crippen LogP contribution >= 0.6 is 0 Å². The molecule has 0 bridgehead atoms. The molecule has 0 aromatic carbocycles. The summed E-state index contributed by atoms with van der Waals surface area (Å²) in [6.07, 6.45) is 29.0. The van der Waals surface area contributed by atoms with Crippen molar-refractivity contribution >= 4 is 5.91 Å². The standard InChI is InChI=1S/C33H67NO4/c1-3-5-7-9-11-13-14-15-16-17-18-20-21-23-25-27-31(36)33(38)30(29-35)34-32(37)28-26-24-22-19-12-10-8-6-4-2/h30-31,33,35-36,38H,3-29H2,1-2H3,(H,34,37). The van der Waals surface area contributed by atoms with E-state index in [0.29, 0.717) is 12.8 Å². The molecule has 0 aliphatic carbocycles. The number of hydrogen-bond donors (Lipinski definition) is 4. The summed E-state index contributed by atoms with van der Waals surface area (Å²) in [5.74, 6) is -0.148. The molecule has 0 spiro atoms. The SMILES string of the molecule is CCCCCCCCCCCCCCCCCC(O)C(O)C(CO)NC(=O)CCCCCCCCCCC. The molecule has 0 radical (unpaired) electrons. The van der Waals surface area contributed by atoms with E-state index in [1.54, 1.807) is 0 Å². The van der Waals surface area contributed by atoms with Crippen molar-refractivity contribution in [2.45, 2.75) is 199 Å². The lowest BCUT2D eigenvalue weighted by Crippen LogP contribution is -2.50. The minimum absolute atomic E-state index is 0.148. The topological polar surface area (TPSA) is 89.8 Å². The Morgan fingerprint density at radius 3 is 1.26 bits per heavy atom. The average Bonchev–Trinajstić information content (AvgIpc) is 2.92. The van der Waals surface area contributed by atoms with Crippen LogP contribution in [0.5, 0.6) is 0 Å². The van der Waals surface area contributed by atoms with Gasteiger partial charge in [-0.2, -0.15) is 0 Å². The molecular formula is C33H67NO4. The van der Waals surface area contributed by atoms with Gasteiger partial charge in [0.1, 0.15) is 6.10 Å². The first kappa shape index (κ1) is 37.4. The van der Waals surface area contributed by atoms with Gasteiger partial charge in [0.25, 0.3) is 0 Å². The zero-order valence-electron chi connectivity index (χ0n) is 25.6. The van der Waals surface area contributed by atoms with Crippen LogP contribution in [0.4, 0.5) is 0 Å². The molecule has 5 heteroatoms. The Kier molecular flexibility index (Phi) is 28.8. The van der Waals surface area contributed by atoms with E-state index in [-0.39, 0.29) is 12.5 Å². The van der Waals surface area contributed by atoms with Crippen LogP contribution in [-0.2, 0) is 4.79 Å². The molecule has 3 atom stereocenters. The predicted octanol–water partition coefficient (Wildman–Crippen LogP) is 8.37. The van der Waals surface area contributed by atoms with Gasteiger partial charge in [-0.25, -0.2) is 0 Å². The molecular weight excluding hydrogens is 474 g/mol. The van der Waals surface area contributed by atoms with Crippen LogP contribution in [0.15, 0.2) is 0 Å². The van der Waals surface area contributed by atoms with E-state index >= 15 is 0 Å². The highest BCUT2D eigenvalue weighted by molar-refractivity contribution is 5.76. The van der Waals surface area contributed by atoms with Gasteiger partial charge in [-0.05, 0) is 12.8 Å². The highest BCUT2D eigenvalue weighted by atomic mass is 16.3. The van der Waals surface area contributed by atoms with E-state index in [4.69, 9.17) is 0 Å². The zero-order valence-corrected chi connectivity index (χ0v) is 25.6. The third-order valence-electron chi connectivity index (χ3n) is 7.96. The third-order valence-corrected chi connectivity index (χ3v) is 7.96. The number of rotatable bonds is 30. The molecule has 5 nitrogen and oxygen atoms in total. The van der Waals surface area contributed by atoms with Crippen LogP contribution in [0.1, 0.15) is 181 Å². The van der Waals surface area contributed by atoms with Crippen molar-refractivity contribution in [3.05, 3.63) is 0 Å².